The molecule has 2 rings (SSSR count). The molecule has 0 spiro atoms. The van der Waals surface area contributed by atoms with Crippen LogP contribution in [0.25, 0.3) is 0 Å². The Hall–Kier alpha value is -1.42. The number of benzene rings is 2. The van der Waals surface area contributed by atoms with Crippen LogP contribution in [0.2, 0.25) is 5.04 Å². The molecule has 0 aromatic heterocycles. The second kappa shape index (κ2) is 10.4. The van der Waals surface area contributed by atoms with E-state index in [0.717, 1.165) is 25.9 Å². The Morgan fingerprint density at radius 2 is 1.29 bits per heavy atom. The fourth-order valence-corrected chi connectivity index (χ4v) is 8.71. The Morgan fingerprint density at radius 1 is 0.821 bits per heavy atom. The summed E-state index contributed by atoms with van der Waals surface area (Å²) in [6.45, 7) is 12.4. The summed E-state index contributed by atoms with van der Waals surface area (Å²) in [5.41, 5.74) is 0. The van der Waals surface area contributed by atoms with E-state index in [1.165, 1.54) is 10.4 Å². The van der Waals surface area contributed by atoms with E-state index < -0.39 is 8.32 Å². The normalized spacial score (nSPS) is 14.6. The van der Waals surface area contributed by atoms with Gasteiger partial charge in [-0.2, -0.15) is 0 Å². The zero-order valence-electron chi connectivity index (χ0n) is 18.3. The molecular weight excluding hydrogens is 360 g/mol. The second-order valence-electron chi connectivity index (χ2n) is 9.30. The van der Waals surface area contributed by atoms with E-state index in [2.05, 4.69) is 95.3 Å². The first-order valence-electron chi connectivity index (χ1n) is 10.7. The van der Waals surface area contributed by atoms with E-state index in [0.29, 0.717) is 11.8 Å². The van der Waals surface area contributed by atoms with Crippen molar-refractivity contribution in [1.29, 1.82) is 0 Å². The highest BCUT2D eigenvalue weighted by Crippen LogP contribution is 2.37. The Kier molecular flexibility index (Phi) is 8.48. The van der Waals surface area contributed by atoms with Gasteiger partial charge in [-0.05, 0) is 40.1 Å². The Bertz CT molecular complexity index is 639. The minimum Gasteiger partial charge on any atom is -0.407 e. The molecule has 0 saturated carbocycles. The van der Waals surface area contributed by atoms with Gasteiger partial charge in [0.2, 0.25) is 0 Å². The van der Waals surface area contributed by atoms with Crippen LogP contribution >= 0.6 is 0 Å². The van der Waals surface area contributed by atoms with Gasteiger partial charge in [0, 0.05) is 13.2 Å². The van der Waals surface area contributed by atoms with Crippen molar-refractivity contribution >= 4 is 18.7 Å². The molecule has 154 valence electrons. The van der Waals surface area contributed by atoms with E-state index in [1.54, 1.807) is 0 Å². The molecule has 2 aromatic rings. The fourth-order valence-electron chi connectivity index (χ4n) is 4.02. The largest absolute Gasteiger partial charge is 0.407 e. The molecule has 0 heterocycles. The van der Waals surface area contributed by atoms with Crippen LogP contribution in [-0.4, -0.2) is 26.6 Å². The average molecular weight is 399 g/mol. The van der Waals surface area contributed by atoms with Gasteiger partial charge in [-0.1, -0.05) is 102 Å². The molecule has 3 heteroatoms. The van der Waals surface area contributed by atoms with Crippen molar-refractivity contribution in [3.63, 3.8) is 0 Å². The maximum absolute atomic E-state index is 9.23. The second-order valence-corrected chi connectivity index (χ2v) is 13.6. The van der Waals surface area contributed by atoms with E-state index in [4.69, 9.17) is 4.43 Å². The predicted octanol–water partition coefficient (Wildman–Crippen LogP) is 5.00. The van der Waals surface area contributed by atoms with Gasteiger partial charge in [-0.3, -0.25) is 0 Å². The summed E-state index contributed by atoms with van der Waals surface area (Å²) < 4.78 is 7.00. The Morgan fingerprint density at radius 3 is 1.71 bits per heavy atom. The number of aliphatic hydroxyl groups excluding tert-OH is 1. The zero-order valence-corrected chi connectivity index (χ0v) is 19.3. The molecule has 2 aromatic carbocycles. The third-order valence-corrected chi connectivity index (χ3v) is 10.7. The van der Waals surface area contributed by atoms with Crippen LogP contribution in [0.15, 0.2) is 60.7 Å². The summed E-state index contributed by atoms with van der Waals surface area (Å²) in [5, 5.41) is 11.9. The molecule has 2 unspecified atom stereocenters. The fraction of sp³-hybridized carbons (Fsp3) is 0.520. The van der Waals surface area contributed by atoms with Gasteiger partial charge in [0.15, 0.2) is 0 Å². The lowest BCUT2D eigenvalue weighted by atomic mass is 10.00. The van der Waals surface area contributed by atoms with Crippen LogP contribution in [0.4, 0.5) is 0 Å². The zero-order chi connectivity index (χ0) is 20.6. The van der Waals surface area contributed by atoms with Crippen molar-refractivity contribution in [1.82, 2.24) is 0 Å². The van der Waals surface area contributed by atoms with E-state index >= 15 is 0 Å². The first kappa shape index (κ1) is 22.9. The topological polar surface area (TPSA) is 29.5 Å². The summed E-state index contributed by atoms with van der Waals surface area (Å²) >= 11 is 0. The van der Waals surface area contributed by atoms with Crippen LogP contribution in [0.3, 0.4) is 0 Å². The van der Waals surface area contributed by atoms with Crippen LogP contribution in [0.1, 0.15) is 53.9 Å². The maximum atomic E-state index is 9.23. The molecule has 28 heavy (non-hydrogen) atoms. The first-order valence-corrected chi connectivity index (χ1v) is 12.6. The maximum Gasteiger partial charge on any atom is 0.261 e. The minimum atomic E-state index is -2.42. The summed E-state index contributed by atoms with van der Waals surface area (Å²) in [4.78, 5) is 0. The summed E-state index contributed by atoms with van der Waals surface area (Å²) in [7, 11) is -2.42. The molecule has 0 saturated heterocycles. The number of rotatable bonds is 10. The van der Waals surface area contributed by atoms with Crippen molar-refractivity contribution < 1.29 is 9.53 Å². The lowest BCUT2D eigenvalue weighted by Gasteiger charge is -2.43. The highest BCUT2D eigenvalue weighted by Gasteiger charge is 2.50. The van der Waals surface area contributed by atoms with Gasteiger partial charge < -0.3 is 9.53 Å². The van der Waals surface area contributed by atoms with Crippen LogP contribution in [0.5, 0.6) is 0 Å². The average Bonchev–Trinajstić information content (AvgIpc) is 2.69. The highest BCUT2D eigenvalue weighted by atomic mass is 28.4. The van der Waals surface area contributed by atoms with Crippen molar-refractivity contribution in [2.24, 2.45) is 11.8 Å². The first-order chi connectivity index (χ1) is 13.3. The minimum absolute atomic E-state index is 0.0286. The monoisotopic (exact) mass is 398 g/mol. The van der Waals surface area contributed by atoms with Crippen LogP contribution in [0, 0.1) is 11.8 Å². The van der Waals surface area contributed by atoms with Crippen molar-refractivity contribution in [2.75, 3.05) is 13.2 Å². The van der Waals surface area contributed by atoms with Crippen molar-refractivity contribution in [2.45, 2.75) is 58.9 Å². The molecule has 0 amide bonds. The molecule has 1 N–H and O–H groups in total. The lowest BCUT2D eigenvalue weighted by Crippen LogP contribution is -2.66. The van der Waals surface area contributed by atoms with Gasteiger partial charge >= 0.3 is 0 Å². The van der Waals surface area contributed by atoms with Gasteiger partial charge in [-0.25, -0.2) is 0 Å². The molecule has 2 nitrogen and oxygen atoms in total. The summed E-state index contributed by atoms with van der Waals surface area (Å²) in [6, 6.07) is 21.7. The summed E-state index contributed by atoms with van der Waals surface area (Å²) in [5.74, 6) is 0.900. The predicted molar refractivity (Wildman–Crippen MR) is 123 cm³/mol. The number of hydrogen-bond acceptors (Lipinski definition) is 2. The third kappa shape index (κ3) is 5.56. The molecule has 0 aliphatic rings. The smallest absolute Gasteiger partial charge is 0.261 e. The molecule has 0 bridgehead atoms. The van der Waals surface area contributed by atoms with Crippen LogP contribution in [-0.2, 0) is 4.43 Å². The molecule has 0 aliphatic heterocycles. The van der Waals surface area contributed by atoms with Gasteiger partial charge in [0.05, 0.1) is 0 Å². The molecule has 2 atom stereocenters. The quantitative estimate of drug-likeness (QED) is 0.571. The highest BCUT2D eigenvalue weighted by molar-refractivity contribution is 6.99. The number of hydrogen-bond donors (Lipinski definition) is 1. The standard InChI is InChI=1S/C25H38O2Si/c1-21(19-26)13-12-14-22(2)20-27-28(25(3,4)5,23-15-8-6-9-16-23)24-17-10-7-11-18-24/h6-11,15-18,21-22,26H,12-14,19-20H2,1-5H3. The Balaban J connectivity index is 2.27. The van der Waals surface area contributed by atoms with E-state index in [-0.39, 0.29) is 11.6 Å². The SMILES string of the molecule is CC(CO)CCCC(C)CO[Si](c1ccccc1)(c1ccccc1)C(C)(C)C. The Labute approximate surface area is 173 Å². The molecular formula is C25H38O2Si. The van der Waals surface area contributed by atoms with Gasteiger partial charge in [0.1, 0.15) is 0 Å². The molecule has 0 fully saturated rings. The van der Waals surface area contributed by atoms with Crippen molar-refractivity contribution in [3.8, 4) is 0 Å². The van der Waals surface area contributed by atoms with E-state index in [1.807, 2.05) is 0 Å². The van der Waals surface area contributed by atoms with E-state index in [9.17, 15) is 5.11 Å². The lowest BCUT2D eigenvalue weighted by molar-refractivity contribution is 0.213. The van der Waals surface area contributed by atoms with Crippen molar-refractivity contribution in [3.05, 3.63) is 60.7 Å². The van der Waals surface area contributed by atoms with Crippen LogP contribution < -0.4 is 10.4 Å². The molecule has 0 aliphatic carbocycles. The van der Waals surface area contributed by atoms with Gasteiger partial charge in [-0.15, -0.1) is 0 Å². The summed E-state index contributed by atoms with van der Waals surface area (Å²) in [6.07, 6.45) is 3.37. The third-order valence-electron chi connectivity index (χ3n) is 5.71. The molecule has 0 radical (unpaired) electrons. The number of aliphatic hydroxyl groups is 1. The van der Waals surface area contributed by atoms with Gasteiger partial charge in [0.25, 0.3) is 8.32 Å².